The molecule has 0 bridgehead atoms. The Hall–Kier alpha value is -0.860. The van der Waals surface area contributed by atoms with Gasteiger partial charge in [-0.3, -0.25) is 10.1 Å². The predicted molar refractivity (Wildman–Crippen MR) is 67.4 cm³/mol. The molecule has 5 nitrogen and oxygen atoms in total. The van der Waals surface area contributed by atoms with Crippen molar-refractivity contribution in [2.75, 3.05) is 0 Å². The van der Waals surface area contributed by atoms with Crippen LogP contribution in [0, 0.1) is 10.1 Å². The van der Waals surface area contributed by atoms with Crippen LogP contribution in [0.2, 0.25) is 0 Å². The first-order chi connectivity index (χ1) is 7.56. The molecule has 0 aliphatic carbocycles. The topological polar surface area (TPSA) is 68.9 Å². The van der Waals surface area contributed by atoms with Gasteiger partial charge in [0.05, 0.1) is 4.92 Å². The Morgan fingerprint density at radius 3 is 2.56 bits per heavy atom. The Morgan fingerprint density at radius 2 is 2.00 bits per heavy atom. The summed E-state index contributed by atoms with van der Waals surface area (Å²) in [5.74, 6) is 0. The van der Waals surface area contributed by atoms with Gasteiger partial charge in [-0.25, -0.2) is 0 Å². The summed E-state index contributed by atoms with van der Waals surface area (Å²) in [6.45, 7) is 0. The monoisotopic (exact) mass is 363 g/mol. The number of aromatic nitrogens is 2. The average molecular weight is 365 g/mol. The van der Waals surface area contributed by atoms with Crippen molar-refractivity contribution in [1.82, 2.24) is 10.2 Å². The number of benzene rings is 1. The fourth-order valence-corrected chi connectivity index (χ4v) is 2.70. The summed E-state index contributed by atoms with van der Waals surface area (Å²) < 4.78 is 1.29. The van der Waals surface area contributed by atoms with Crippen molar-refractivity contribution in [1.29, 1.82) is 0 Å². The molecule has 0 radical (unpaired) electrons. The van der Waals surface area contributed by atoms with Gasteiger partial charge in [0.25, 0.3) is 5.69 Å². The van der Waals surface area contributed by atoms with Crippen LogP contribution < -0.4 is 0 Å². The Balaban J connectivity index is 2.53. The van der Waals surface area contributed by atoms with Crippen molar-refractivity contribution in [3.05, 3.63) is 36.7 Å². The highest BCUT2D eigenvalue weighted by Crippen LogP contribution is 2.31. The normalized spacial score (nSPS) is 10.4. The lowest BCUT2D eigenvalue weighted by Crippen LogP contribution is -1.88. The number of non-ortho nitro benzene ring substituents is 1. The van der Waals surface area contributed by atoms with Gasteiger partial charge in [-0.2, -0.15) is 0 Å². The van der Waals surface area contributed by atoms with Gasteiger partial charge >= 0.3 is 0 Å². The molecule has 2 aromatic rings. The van der Waals surface area contributed by atoms with Crippen LogP contribution in [0.1, 0.15) is 0 Å². The maximum Gasteiger partial charge on any atom is 0.271 e. The van der Waals surface area contributed by atoms with Crippen LogP contribution in [-0.2, 0) is 0 Å². The minimum atomic E-state index is -0.440. The van der Waals surface area contributed by atoms with Crippen LogP contribution in [0.25, 0.3) is 10.6 Å². The standard InChI is InChI=1S/C8H3Br2N3O2S/c9-5-1-4(2-6(3-5)13(14)15)7-11-12-8(10)16-7/h1-3H. The third-order valence-electron chi connectivity index (χ3n) is 1.74. The zero-order valence-electron chi connectivity index (χ0n) is 7.55. The van der Waals surface area contributed by atoms with E-state index in [1.807, 2.05) is 0 Å². The summed E-state index contributed by atoms with van der Waals surface area (Å²) in [4.78, 5) is 10.2. The van der Waals surface area contributed by atoms with E-state index >= 15 is 0 Å². The lowest BCUT2D eigenvalue weighted by atomic mass is 10.2. The second kappa shape index (κ2) is 4.56. The minimum Gasteiger partial charge on any atom is -0.258 e. The molecule has 0 atom stereocenters. The first-order valence-electron chi connectivity index (χ1n) is 4.00. The Bertz CT molecular complexity index is 558. The highest BCUT2D eigenvalue weighted by atomic mass is 79.9. The number of nitro benzene ring substituents is 1. The predicted octanol–water partition coefficient (Wildman–Crippen LogP) is 3.64. The van der Waals surface area contributed by atoms with Crippen LogP contribution in [-0.4, -0.2) is 15.1 Å². The molecule has 16 heavy (non-hydrogen) atoms. The molecule has 0 aliphatic rings. The van der Waals surface area contributed by atoms with E-state index in [1.54, 1.807) is 6.07 Å². The largest absolute Gasteiger partial charge is 0.271 e. The molecule has 0 unspecified atom stereocenters. The Morgan fingerprint density at radius 1 is 1.25 bits per heavy atom. The van der Waals surface area contributed by atoms with Crippen LogP contribution >= 0.6 is 43.2 Å². The molecule has 1 aromatic heterocycles. The van der Waals surface area contributed by atoms with Gasteiger partial charge in [0, 0.05) is 22.2 Å². The first kappa shape index (κ1) is 11.6. The van der Waals surface area contributed by atoms with E-state index in [4.69, 9.17) is 0 Å². The molecule has 0 N–H and O–H groups in total. The third kappa shape index (κ3) is 2.45. The SMILES string of the molecule is O=[N+]([O-])c1cc(Br)cc(-c2nnc(Br)s2)c1. The smallest absolute Gasteiger partial charge is 0.258 e. The number of nitro groups is 1. The molecule has 0 amide bonds. The van der Waals surface area contributed by atoms with E-state index in [0.29, 0.717) is 19.0 Å². The van der Waals surface area contributed by atoms with Gasteiger partial charge in [-0.15, -0.1) is 10.2 Å². The molecule has 82 valence electrons. The zero-order valence-corrected chi connectivity index (χ0v) is 11.5. The van der Waals surface area contributed by atoms with E-state index in [0.717, 1.165) is 0 Å². The molecule has 0 saturated carbocycles. The summed E-state index contributed by atoms with van der Waals surface area (Å²) in [6, 6.07) is 4.68. The fraction of sp³-hybridized carbons (Fsp3) is 0. The molecule has 1 aromatic carbocycles. The second-order valence-electron chi connectivity index (χ2n) is 2.82. The van der Waals surface area contributed by atoms with E-state index < -0.39 is 4.92 Å². The van der Waals surface area contributed by atoms with E-state index in [9.17, 15) is 10.1 Å². The van der Waals surface area contributed by atoms with Crippen molar-refractivity contribution >= 4 is 48.9 Å². The molecule has 1 heterocycles. The fourth-order valence-electron chi connectivity index (χ4n) is 1.13. The van der Waals surface area contributed by atoms with Gasteiger partial charge in [0.2, 0.25) is 0 Å². The highest BCUT2D eigenvalue weighted by molar-refractivity contribution is 9.11. The van der Waals surface area contributed by atoms with Crippen molar-refractivity contribution < 1.29 is 4.92 Å². The van der Waals surface area contributed by atoms with Crippen LogP contribution in [0.4, 0.5) is 5.69 Å². The Kier molecular flexibility index (Phi) is 3.31. The van der Waals surface area contributed by atoms with Crippen LogP contribution in [0.3, 0.4) is 0 Å². The molecule has 0 fully saturated rings. The van der Waals surface area contributed by atoms with E-state index in [2.05, 4.69) is 42.1 Å². The number of hydrogen-bond acceptors (Lipinski definition) is 5. The van der Waals surface area contributed by atoms with Crippen LogP contribution in [0.5, 0.6) is 0 Å². The number of halogens is 2. The van der Waals surface area contributed by atoms with Crippen molar-refractivity contribution in [2.45, 2.75) is 0 Å². The van der Waals surface area contributed by atoms with E-state index in [-0.39, 0.29) is 5.69 Å². The van der Waals surface area contributed by atoms with Gasteiger partial charge in [0.15, 0.2) is 3.92 Å². The van der Waals surface area contributed by atoms with Crippen molar-refractivity contribution in [2.24, 2.45) is 0 Å². The third-order valence-corrected chi connectivity index (χ3v) is 3.60. The molecule has 8 heteroatoms. The minimum absolute atomic E-state index is 0.0238. The maximum atomic E-state index is 10.7. The van der Waals surface area contributed by atoms with Crippen molar-refractivity contribution in [3.8, 4) is 10.6 Å². The molecular formula is C8H3Br2N3O2S. The number of rotatable bonds is 2. The summed E-state index contributed by atoms with van der Waals surface area (Å²) in [7, 11) is 0. The molecular weight excluding hydrogens is 362 g/mol. The quantitative estimate of drug-likeness (QED) is 0.602. The van der Waals surface area contributed by atoms with Crippen LogP contribution in [0.15, 0.2) is 26.6 Å². The molecule has 0 spiro atoms. The second-order valence-corrected chi connectivity index (χ2v) is 5.98. The number of hydrogen-bond donors (Lipinski definition) is 0. The van der Waals surface area contributed by atoms with Gasteiger partial charge < -0.3 is 0 Å². The van der Waals surface area contributed by atoms with Gasteiger partial charge in [-0.05, 0) is 22.0 Å². The van der Waals surface area contributed by atoms with Crippen molar-refractivity contribution in [3.63, 3.8) is 0 Å². The molecule has 0 saturated heterocycles. The zero-order chi connectivity index (χ0) is 11.7. The van der Waals surface area contributed by atoms with Gasteiger partial charge in [-0.1, -0.05) is 27.3 Å². The molecule has 0 aliphatic heterocycles. The highest BCUT2D eigenvalue weighted by Gasteiger charge is 2.12. The van der Waals surface area contributed by atoms with Gasteiger partial charge in [0.1, 0.15) is 5.01 Å². The summed E-state index contributed by atoms with van der Waals surface area (Å²) in [6.07, 6.45) is 0. The summed E-state index contributed by atoms with van der Waals surface area (Å²) >= 11 is 7.74. The van der Waals surface area contributed by atoms with E-state index in [1.165, 1.54) is 23.5 Å². The Labute approximate surface area is 111 Å². The lowest BCUT2D eigenvalue weighted by molar-refractivity contribution is -0.384. The first-order valence-corrected chi connectivity index (χ1v) is 6.41. The number of nitrogens with zero attached hydrogens (tertiary/aromatic N) is 3. The average Bonchev–Trinajstić information content (AvgIpc) is 2.64. The summed E-state index contributed by atoms with van der Waals surface area (Å²) in [5, 5.41) is 19.0. The maximum absolute atomic E-state index is 10.7. The lowest BCUT2D eigenvalue weighted by Gasteiger charge is -1.97. The summed E-state index contributed by atoms with van der Waals surface area (Å²) in [5.41, 5.74) is 0.694. The molecule has 2 rings (SSSR count).